The van der Waals surface area contributed by atoms with E-state index in [1.165, 1.54) is 12.1 Å². The summed E-state index contributed by atoms with van der Waals surface area (Å²) in [5.41, 5.74) is 0.352. The smallest absolute Gasteiger partial charge is 0.238 e. The van der Waals surface area contributed by atoms with Crippen molar-refractivity contribution in [3.8, 4) is 5.75 Å². The molecule has 0 saturated carbocycles. The Morgan fingerprint density at radius 1 is 1.44 bits per heavy atom. The van der Waals surface area contributed by atoms with Crippen LogP contribution in [0.5, 0.6) is 5.75 Å². The molecule has 0 aromatic heterocycles. The largest absolute Gasteiger partial charge is 0.505 e. The highest BCUT2D eigenvalue weighted by molar-refractivity contribution is 5.92. The number of hydrogen-bond acceptors (Lipinski definition) is 4. The van der Waals surface area contributed by atoms with E-state index in [9.17, 15) is 9.18 Å². The molecule has 3 N–H and O–H groups in total. The summed E-state index contributed by atoms with van der Waals surface area (Å²) in [6.45, 7) is 3.71. The number of halogens is 1. The Kier molecular flexibility index (Phi) is 4.11. The topological polar surface area (TPSA) is 64.6 Å². The van der Waals surface area contributed by atoms with Crippen LogP contribution < -0.4 is 10.6 Å². The molecular formula is C12H16FN3O2. The van der Waals surface area contributed by atoms with Gasteiger partial charge in [0, 0.05) is 37.9 Å². The SMILES string of the molecule is O=C(CN1CCNCC1)Nc1ccc(O)c(F)c1. The van der Waals surface area contributed by atoms with Crippen LogP contribution >= 0.6 is 0 Å². The van der Waals surface area contributed by atoms with Gasteiger partial charge in [0.05, 0.1) is 6.54 Å². The number of rotatable bonds is 3. The average molecular weight is 253 g/mol. The molecule has 1 aromatic rings. The van der Waals surface area contributed by atoms with Crippen LogP contribution in [0.2, 0.25) is 0 Å². The molecule has 0 radical (unpaired) electrons. The third-order valence-electron chi connectivity index (χ3n) is 2.81. The van der Waals surface area contributed by atoms with Crippen molar-refractivity contribution in [3.05, 3.63) is 24.0 Å². The van der Waals surface area contributed by atoms with Gasteiger partial charge in [0.25, 0.3) is 0 Å². The van der Waals surface area contributed by atoms with Crippen LogP contribution in [0, 0.1) is 5.82 Å². The summed E-state index contributed by atoms with van der Waals surface area (Å²) >= 11 is 0. The lowest BCUT2D eigenvalue weighted by atomic mass is 10.3. The van der Waals surface area contributed by atoms with Crippen LogP contribution in [0.1, 0.15) is 0 Å². The molecule has 1 aliphatic heterocycles. The summed E-state index contributed by atoms with van der Waals surface area (Å²) in [7, 11) is 0. The Morgan fingerprint density at radius 2 is 2.17 bits per heavy atom. The maximum Gasteiger partial charge on any atom is 0.238 e. The van der Waals surface area contributed by atoms with Crippen molar-refractivity contribution < 1.29 is 14.3 Å². The van der Waals surface area contributed by atoms with E-state index in [-0.39, 0.29) is 5.91 Å². The number of nitrogens with zero attached hydrogens (tertiary/aromatic N) is 1. The number of piperazine rings is 1. The summed E-state index contributed by atoms with van der Waals surface area (Å²) in [6, 6.07) is 3.79. The monoisotopic (exact) mass is 253 g/mol. The molecular weight excluding hydrogens is 237 g/mol. The molecule has 6 heteroatoms. The first-order valence-electron chi connectivity index (χ1n) is 5.86. The standard InChI is InChI=1S/C12H16FN3O2/c13-10-7-9(1-2-11(10)17)15-12(18)8-16-5-3-14-4-6-16/h1-2,7,14,17H,3-6,8H2,(H,15,18). The van der Waals surface area contributed by atoms with Crippen LogP contribution in [0.15, 0.2) is 18.2 Å². The lowest BCUT2D eigenvalue weighted by molar-refractivity contribution is -0.117. The summed E-state index contributed by atoms with van der Waals surface area (Å²) in [4.78, 5) is 13.7. The number of nitrogens with one attached hydrogen (secondary N) is 2. The minimum absolute atomic E-state index is 0.179. The van der Waals surface area contributed by atoms with E-state index in [0.717, 1.165) is 32.2 Å². The Hall–Kier alpha value is -1.66. The molecule has 98 valence electrons. The van der Waals surface area contributed by atoms with Crippen molar-refractivity contribution in [2.45, 2.75) is 0 Å². The van der Waals surface area contributed by atoms with E-state index in [0.29, 0.717) is 12.2 Å². The first kappa shape index (κ1) is 12.8. The third kappa shape index (κ3) is 3.41. The molecule has 0 bridgehead atoms. The Bertz CT molecular complexity index is 433. The van der Waals surface area contributed by atoms with Crippen molar-refractivity contribution in [1.29, 1.82) is 0 Å². The molecule has 0 aliphatic carbocycles. The molecule has 1 aromatic carbocycles. The maximum absolute atomic E-state index is 13.1. The Morgan fingerprint density at radius 3 is 2.83 bits per heavy atom. The van der Waals surface area contributed by atoms with Gasteiger partial charge in [-0.25, -0.2) is 4.39 Å². The normalized spacial score (nSPS) is 16.5. The number of carbonyl (C=O) groups is 1. The molecule has 1 fully saturated rings. The maximum atomic E-state index is 13.1. The molecule has 0 atom stereocenters. The van der Waals surface area contributed by atoms with Crippen molar-refractivity contribution in [2.24, 2.45) is 0 Å². The Balaban J connectivity index is 1.88. The lowest BCUT2D eigenvalue weighted by Gasteiger charge is -2.26. The van der Waals surface area contributed by atoms with Gasteiger partial charge in [-0.1, -0.05) is 0 Å². The first-order chi connectivity index (χ1) is 8.65. The lowest BCUT2D eigenvalue weighted by Crippen LogP contribution is -2.46. The van der Waals surface area contributed by atoms with Crippen molar-refractivity contribution in [2.75, 3.05) is 38.0 Å². The van der Waals surface area contributed by atoms with Gasteiger partial charge in [0.2, 0.25) is 5.91 Å². The van der Waals surface area contributed by atoms with Crippen LogP contribution in [0.3, 0.4) is 0 Å². The van der Waals surface area contributed by atoms with Gasteiger partial charge in [0.1, 0.15) is 0 Å². The number of benzene rings is 1. The number of aromatic hydroxyl groups is 1. The minimum Gasteiger partial charge on any atom is -0.505 e. The zero-order valence-corrected chi connectivity index (χ0v) is 9.95. The number of phenols is 1. The highest BCUT2D eigenvalue weighted by Gasteiger charge is 2.13. The molecule has 1 saturated heterocycles. The van der Waals surface area contributed by atoms with Gasteiger partial charge in [-0.15, -0.1) is 0 Å². The van der Waals surface area contributed by atoms with E-state index in [4.69, 9.17) is 5.11 Å². The van der Waals surface area contributed by atoms with Crippen molar-refractivity contribution in [1.82, 2.24) is 10.2 Å². The van der Waals surface area contributed by atoms with Crippen molar-refractivity contribution in [3.63, 3.8) is 0 Å². The van der Waals surface area contributed by atoms with Crippen LogP contribution in [0.4, 0.5) is 10.1 Å². The third-order valence-corrected chi connectivity index (χ3v) is 2.81. The quantitative estimate of drug-likeness (QED) is 0.681. The van der Waals surface area contributed by atoms with Crippen LogP contribution in [-0.2, 0) is 4.79 Å². The number of phenolic OH excluding ortho intramolecular Hbond substituents is 1. The molecule has 5 nitrogen and oxygen atoms in total. The fraction of sp³-hybridized carbons (Fsp3) is 0.417. The zero-order valence-electron chi connectivity index (χ0n) is 9.95. The van der Waals surface area contributed by atoms with Gasteiger partial charge in [-0.3, -0.25) is 9.69 Å². The molecule has 0 unspecified atom stereocenters. The molecule has 1 amide bonds. The summed E-state index contributed by atoms with van der Waals surface area (Å²) in [5, 5.41) is 14.8. The van der Waals surface area contributed by atoms with Gasteiger partial charge in [-0.2, -0.15) is 0 Å². The average Bonchev–Trinajstić information content (AvgIpc) is 2.35. The number of amides is 1. The second kappa shape index (κ2) is 5.79. The summed E-state index contributed by atoms with van der Waals surface area (Å²) < 4.78 is 13.1. The van der Waals surface area contributed by atoms with E-state index in [1.807, 2.05) is 4.90 Å². The Labute approximate surface area is 105 Å². The number of carbonyl (C=O) groups excluding carboxylic acids is 1. The van der Waals surface area contributed by atoms with Gasteiger partial charge in [0.15, 0.2) is 11.6 Å². The number of anilines is 1. The van der Waals surface area contributed by atoms with E-state index < -0.39 is 11.6 Å². The number of hydrogen-bond donors (Lipinski definition) is 3. The predicted octanol–water partition coefficient (Wildman–Crippen LogP) is 0.375. The van der Waals surface area contributed by atoms with E-state index in [2.05, 4.69) is 10.6 Å². The van der Waals surface area contributed by atoms with Gasteiger partial charge < -0.3 is 15.7 Å². The molecule has 2 rings (SSSR count). The predicted molar refractivity (Wildman–Crippen MR) is 66.0 cm³/mol. The van der Waals surface area contributed by atoms with Crippen LogP contribution in [-0.4, -0.2) is 48.6 Å². The highest BCUT2D eigenvalue weighted by atomic mass is 19.1. The van der Waals surface area contributed by atoms with E-state index >= 15 is 0 Å². The summed E-state index contributed by atoms with van der Waals surface area (Å²) in [6.07, 6.45) is 0. The fourth-order valence-electron chi connectivity index (χ4n) is 1.86. The van der Waals surface area contributed by atoms with Crippen molar-refractivity contribution >= 4 is 11.6 Å². The first-order valence-corrected chi connectivity index (χ1v) is 5.86. The second-order valence-electron chi connectivity index (χ2n) is 4.24. The molecule has 1 aliphatic rings. The van der Waals surface area contributed by atoms with Crippen LogP contribution in [0.25, 0.3) is 0 Å². The fourth-order valence-corrected chi connectivity index (χ4v) is 1.86. The van der Waals surface area contributed by atoms with Gasteiger partial charge in [-0.05, 0) is 12.1 Å². The minimum atomic E-state index is -0.741. The highest BCUT2D eigenvalue weighted by Crippen LogP contribution is 2.19. The van der Waals surface area contributed by atoms with E-state index in [1.54, 1.807) is 0 Å². The molecule has 18 heavy (non-hydrogen) atoms. The summed E-state index contributed by atoms with van der Waals surface area (Å²) in [5.74, 6) is -1.34. The second-order valence-corrected chi connectivity index (χ2v) is 4.24. The molecule has 0 spiro atoms. The zero-order chi connectivity index (χ0) is 13.0. The molecule has 1 heterocycles. The van der Waals surface area contributed by atoms with Gasteiger partial charge >= 0.3 is 0 Å².